The number of hydrogen-bond donors (Lipinski definition) is 1. The highest BCUT2D eigenvalue weighted by Gasteiger charge is 2.25. The van der Waals surface area contributed by atoms with E-state index < -0.39 is 5.60 Å². The number of ether oxygens (including phenoxy) is 1. The number of nitrogens with zero attached hydrogens (tertiary/aromatic N) is 1. The van der Waals surface area contributed by atoms with Gasteiger partial charge < -0.3 is 9.84 Å². The summed E-state index contributed by atoms with van der Waals surface area (Å²) in [6, 6.07) is 1.88. The van der Waals surface area contributed by atoms with Crippen molar-refractivity contribution in [3.05, 3.63) is 24.0 Å². The average molecular weight is 237 g/mol. The van der Waals surface area contributed by atoms with Crippen LogP contribution in [0.1, 0.15) is 46.1 Å². The van der Waals surface area contributed by atoms with Crippen LogP contribution in [-0.4, -0.2) is 16.7 Å². The Kier molecular flexibility index (Phi) is 4.94. The molecule has 0 aromatic carbocycles. The molecule has 96 valence electrons. The first-order chi connectivity index (χ1) is 7.95. The normalized spacial score (nSPS) is 14.7. The maximum Gasteiger partial charge on any atom is 0.137 e. The van der Waals surface area contributed by atoms with Crippen molar-refractivity contribution in [2.45, 2.75) is 46.1 Å². The van der Waals surface area contributed by atoms with E-state index in [1.807, 2.05) is 13.0 Å². The van der Waals surface area contributed by atoms with E-state index >= 15 is 0 Å². The van der Waals surface area contributed by atoms with E-state index in [9.17, 15) is 5.11 Å². The molecule has 1 unspecified atom stereocenters. The molecule has 0 fully saturated rings. The first-order valence-electron chi connectivity index (χ1n) is 6.26. The van der Waals surface area contributed by atoms with E-state index in [4.69, 9.17) is 4.74 Å². The van der Waals surface area contributed by atoms with Gasteiger partial charge in [0.15, 0.2) is 0 Å². The van der Waals surface area contributed by atoms with Crippen molar-refractivity contribution in [3.63, 3.8) is 0 Å². The summed E-state index contributed by atoms with van der Waals surface area (Å²) in [6.45, 7) is 8.76. The number of pyridine rings is 1. The van der Waals surface area contributed by atoms with Gasteiger partial charge in [-0.05, 0) is 31.7 Å². The summed E-state index contributed by atoms with van der Waals surface area (Å²) >= 11 is 0. The molecule has 1 aromatic heterocycles. The monoisotopic (exact) mass is 237 g/mol. The highest BCUT2D eigenvalue weighted by molar-refractivity contribution is 5.27. The number of rotatable bonds is 6. The molecule has 0 spiro atoms. The third-order valence-electron chi connectivity index (χ3n) is 2.61. The fourth-order valence-electron chi connectivity index (χ4n) is 1.93. The molecule has 17 heavy (non-hydrogen) atoms. The van der Waals surface area contributed by atoms with Crippen LogP contribution < -0.4 is 4.74 Å². The lowest BCUT2D eigenvalue weighted by Crippen LogP contribution is -2.23. The molecule has 0 bridgehead atoms. The summed E-state index contributed by atoms with van der Waals surface area (Å²) in [5.74, 6) is 1.17. The minimum atomic E-state index is -0.841. The zero-order valence-electron chi connectivity index (χ0n) is 11.2. The zero-order chi connectivity index (χ0) is 12.9. The molecule has 1 N–H and O–H groups in total. The topological polar surface area (TPSA) is 42.4 Å². The summed E-state index contributed by atoms with van der Waals surface area (Å²) in [5, 5.41) is 10.4. The van der Waals surface area contributed by atoms with Gasteiger partial charge in [-0.15, -0.1) is 0 Å². The summed E-state index contributed by atoms with van der Waals surface area (Å²) < 4.78 is 5.52. The Morgan fingerprint density at radius 2 is 2.12 bits per heavy atom. The molecular formula is C14H23NO2. The molecule has 3 nitrogen and oxygen atoms in total. The van der Waals surface area contributed by atoms with E-state index in [0.717, 1.165) is 17.7 Å². The Morgan fingerprint density at radius 3 is 2.71 bits per heavy atom. The van der Waals surface area contributed by atoms with E-state index in [1.54, 1.807) is 12.4 Å². The average Bonchev–Trinajstić information content (AvgIpc) is 2.25. The molecule has 1 aromatic rings. The van der Waals surface area contributed by atoms with Crippen LogP contribution in [0.5, 0.6) is 5.75 Å². The summed E-state index contributed by atoms with van der Waals surface area (Å²) in [7, 11) is 0. The van der Waals surface area contributed by atoms with Gasteiger partial charge in [0.25, 0.3) is 0 Å². The van der Waals surface area contributed by atoms with E-state index in [2.05, 4.69) is 25.8 Å². The molecule has 1 heterocycles. The molecule has 0 aliphatic carbocycles. The molecule has 1 rings (SSSR count). The highest BCUT2D eigenvalue weighted by atomic mass is 16.5. The predicted molar refractivity (Wildman–Crippen MR) is 69.0 cm³/mol. The number of aromatic nitrogens is 1. The van der Waals surface area contributed by atoms with Crippen molar-refractivity contribution in [2.75, 3.05) is 6.61 Å². The summed E-state index contributed by atoms with van der Waals surface area (Å²) in [4.78, 5) is 4.13. The van der Waals surface area contributed by atoms with Crippen molar-refractivity contribution in [2.24, 2.45) is 5.92 Å². The highest BCUT2D eigenvalue weighted by Crippen LogP contribution is 2.29. The molecule has 0 saturated carbocycles. The Labute approximate surface area is 104 Å². The number of hydrogen-bond acceptors (Lipinski definition) is 3. The standard InChI is InChI=1S/C14H23NO2/c1-5-6-17-13-7-12(9-15-10-13)14(4,16)8-11(2)3/h7,9-11,16H,5-6,8H2,1-4H3. The molecule has 0 saturated heterocycles. The lowest BCUT2D eigenvalue weighted by Gasteiger charge is -2.25. The van der Waals surface area contributed by atoms with Crippen LogP contribution in [0.2, 0.25) is 0 Å². The second-order valence-electron chi connectivity index (χ2n) is 5.13. The van der Waals surface area contributed by atoms with Crippen LogP contribution in [0.3, 0.4) is 0 Å². The Bertz CT molecular complexity index is 348. The van der Waals surface area contributed by atoms with Crippen LogP contribution in [-0.2, 0) is 5.60 Å². The van der Waals surface area contributed by atoms with Crippen molar-refractivity contribution in [1.82, 2.24) is 4.98 Å². The molecular weight excluding hydrogens is 214 g/mol. The SMILES string of the molecule is CCCOc1cncc(C(C)(O)CC(C)C)c1. The van der Waals surface area contributed by atoms with Gasteiger partial charge in [0.05, 0.1) is 18.4 Å². The Balaban J connectivity index is 2.82. The van der Waals surface area contributed by atoms with E-state index in [0.29, 0.717) is 18.9 Å². The third-order valence-corrected chi connectivity index (χ3v) is 2.61. The van der Waals surface area contributed by atoms with Crippen LogP contribution in [0.15, 0.2) is 18.5 Å². The molecule has 0 aliphatic heterocycles. The van der Waals surface area contributed by atoms with Gasteiger partial charge in [-0.1, -0.05) is 20.8 Å². The van der Waals surface area contributed by atoms with Gasteiger partial charge in [-0.2, -0.15) is 0 Å². The van der Waals surface area contributed by atoms with Crippen LogP contribution in [0.4, 0.5) is 0 Å². The molecule has 1 atom stereocenters. The van der Waals surface area contributed by atoms with E-state index in [1.165, 1.54) is 0 Å². The minimum absolute atomic E-state index is 0.435. The predicted octanol–water partition coefficient (Wildman–Crippen LogP) is 3.12. The zero-order valence-corrected chi connectivity index (χ0v) is 11.2. The lowest BCUT2D eigenvalue weighted by atomic mass is 9.88. The van der Waals surface area contributed by atoms with Gasteiger partial charge in [-0.25, -0.2) is 0 Å². The fraction of sp³-hybridized carbons (Fsp3) is 0.643. The summed E-state index contributed by atoms with van der Waals surface area (Å²) in [6.07, 6.45) is 5.07. The molecule has 0 aliphatic rings. The van der Waals surface area contributed by atoms with Gasteiger partial charge in [-0.3, -0.25) is 4.98 Å². The summed E-state index contributed by atoms with van der Waals surface area (Å²) in [5.41, 5.74) is -0.0213. The van der Waals surface area contributed by atoms with Crippen molar-refractivity contribution in [1.29, 1.82) is 0 Å². The van der Waals surface area contributed by atoms with Gasteiger partial charge >= 0.3 is 0 Å². The maximum absolute atomic E-state index is 10.4. The largest absolute Gasteiger partial charge is 0.492 e. The smallest absolute Gasteiger partial charge is 0.137 e. The van der Waals surface area contributed by atoms with Gasteiger partial charge in [0.2, 0.25) is 0 Å². The third kappa shape index (κ3) is 4.35. The first kappa shape index (κ1) is 14.0. The van der Waals surface area contributed by atoms with Crippen molar-refractivity contribution >= 4 is 0 Å². The van der Waals surface area contributed by atoms with Gasteiger partial charge in [0, 0.05) is 11.8 Å². The minimum Gasteiger partial charge on any atom is -0.492 e. The molecule has 3 heteroatoms. The maximum atomic E-state index is 10.4. The Hall–Kier alpha value is -1.09. The Morgan fingerprint density at radius 1 is 1.41 bits per heavy atom. The first-order valence-corrected chi connectivity index (χ1v) is 6.26. The van der Waals surface area contributed by atoms with Crippen LogP contribution in [0.25, 0.3) is 0 Å². The fourth-order valence-corrected chi connectivity index (χ4v) is 1.93. The number of aliphatic hydroxyl groups is 1. The van der Waals surface area contributed by atoms with Crippen LogP contribution >= 0.6 is 0 Å². The lowest BCUT2D eigenvalue weighted by molar-refractivity contribution is 0.0342. The second-order valence-corrected chi connectivity index (χ2v) is 5.13. The van der Waals surface area contributed by atoms with Gasteiger partial charge in [0.1, 0.15) is 5.75 Å². The quantitative estimate of drug-likeness (QED) is 0.826. The van der Waals surface area contributed by atoms with E-state index in [-0.39, 0.29) is 0 Å². The van der Waals surface area contributed by atoms with Crippen LogP contribution in [0, 0.1) is 5.92 Å². The molecule has 0 amide bonds. The van der Waals surface area contributed by atoms with Crippen molar-refractivity contribution in [3.8, 4) is 5.75 Å². The molecule has 0 radical (unpaired) electrons. The van der Waals surface area contributed by atoms with Crippen molar-refractivity contribution < 1.29 is 9.84 Å². The second kappa shape index (κ2) is 6.01.